The van der Waals surface area contributed by atoms with Gasteiger partial charge in [0.1, 0.15) is 110 Å². The molecular formula is C42H68Ac5N11O26-5. The molecule has 37 nitrogen and oxygen atoms in total. The number of carboxylic acid groups (broad SMARTS) is 1. The molecule has 0 saturated carbocycles. The minimum absolute atomic E-state index is 0. The summed E-state index contributed by atoms with van der Waals surface area (Å²) >= 11 is 0. The van der Waals surface area contributed by atoms with E-state index in [-0.39, 0.29) is 227 Å². The fourth-order valence-electron chi connectivity index (χ4n) is 9.65. The Bertz CT molecular complexity index is 2160. The SMILES string of the molecule is [Ac].[Ac].[Ac].[Ac].[Ac].[NH-]C1C(C(=O)O)O[C@H](CNC(=O)[C@@H]2O[C@H](CNC(=O)[C@@H]3O[C@H](CNC(=O)[C@@H]4O[C@H](CNC(=O)[C@@H]5O[C@H](CNC(=O)[C@@H]6O[C@H](CN)C(O)C(O)C6[NH-])C(O)C(O)C5[NH-])C(O)C(O)C4[NH-])C(O)C(O)C3[NH-])C(O)C(O)C2O)C(O)C1O. The average Bonchev–Trinajstić information content (AvgIpc) is 2.98. The van der Waals surface area contributed by atoms with Gasteiger partial charge in [-0.2, -0.15) is 0 Å². The summed E-state index contributed by atoms with van der Waals surface area (Å²) in [6.45, 7) is -4.02. The number of carboxylic acids is 1. The molecule has 6 fully saturated rings. The summed E-state index contributed by atoms with van der Waals surface area (Å²) in [5, 5.41) is 157. The fourth-order valence-corrected chi connectivity index (χ4v) is 9.65. The minimum Gasteiger partial charge on any atom is -0.670 e. The number of nitrogens with one attached hydrogen (secondary N) is 10. The summed E-state index contributed by atoms with van der Waals surface area (Å²) in [5.41, 5.74) is 46.4. The van der Waals surface area contributed by atoms with Gasteiger partial charge in [0.2, 0.25) is 23.6 Å². The quantitative estimate of drug-likeness (QED) is 0.0643. The minimum atomic E-state index is -2.12. The fraction of sp³-hybridized carbons (Fsp3) is 0.857. The normalized spacial score (nSPS) is 43.8. The predicted octanol–water partition coefficient (Wildman–Crippen LogP) is -13.0. The van der Waals surface area contributed by atoms with Gasteiger partial charge in [0.15, 0.2) is 6.10 Å². The Labute approximate surface area is 657 Å². The second kappa shape index (κ2) is 37.9. The van der Waals surface area contributed by atoms with Crippen molar-refractivity contribution >= 4 is 35.5 Å². The molecule has 0 spiro atoms. The van der Waals surface area contributed by atoms with Crippen molar-refractivity contribution in [3.63, 3.8) is 0 Å². The Balaban J connectivity index is 0.00000706. The Kier molecular flexibility index (Phi) is 38.4. The van der Waals surface area contributed by atoms with Crippen molar-refractivity contribution in [3.05, 3.63) is 28.7 Å². The Morgan fingerprint density at radius 3 is 0.738 bits per heavy atom. The molecule has 19 unspecified atom stereocenters. The zero-order valence-corrected chi connectivity index (χ0v) is 67.9. The van der Waals surface area contributed by atoms with E-state index in [1.165, 1.54) is 0 Å². The van der Waals surface area contributed by atoms with Crippen LogP contribution in [0, 0.1) is 220 Å². The standard InChI is InChI=1S/C42H68N11O26.5Ac/c43-1-7-18(54)24(60)13(44)31(74-7)37(67)49-2-8-19(55)25(61)14(45)32(75-8)38(68)50-3-9-20(56)26(62)15(46)33(76-9)39(69)51-4-10-21(57)27(63)16(47)34(77-10)40(70)52-6-12-23(59)29(65)30(66)36(79-12)41(71)53-5-11-22(58)28(64)17(48)35(78-11)42(72)73;;;;;/h7-36,44-48,54-66H,1-6,43H2,(H,49,67)(H,50,68)(H,51,69)(H,52,70)(H,53,71)(H,72,73);;;;;/q-5;;;;;/t7-,8-,9-,10-,11-,12-,13?,14?,15?,16?,17?,18?,19?,20?,21?,22?,23?,24?,25?,26?,27?,28?,29?,30?,31-,32-,33-,34-,35?,36-;;;;;/m1...../s1. The van der Waals surface area contributed by atoms with Crippen LogP contribution in [0.15, 0.2) is 0 Å². The van der Waals surface area contributed by atoms with Gasteiger partial charge >= 0.3 is 5.97 Å². The molecule has 84 heavy (non-hydrogen) atoms. The molecular weight excluding hydrogens is 2210 g/mol. The van der Waals surface area contributed by atoms with Crippen molar-refractivity contribution in [2.45, 2.75) is 183 Å². The maximum Gasteiger partial charge on any atom is 0.331 e. The summed E-state index contributed by atoms with van der Waals surface area (Å²) in [7, 11) is 0. The monoisotopic (exact) mass is 2280 g/mol. The molecule has 6 aliphatic rings. The summed E-state index contributed by atoms with van der Waals surface area (Å²) < 4.78 is 32.7. The van der Waals surface area contributed by atoms with Crippen LogP contribution in [-0.4, -0.2) is 329 Å². The molecule has 5 amide bonds. The van der Waals surface area contributed by atoms with E-state index in [9.17, 15) is 100 Å². The molecule has 0 aliphatic carbocycles. The molecule has 26 N–H and O–H groups in total. The van der Waals surface area contributed by atoms with E-state index < -0.39 is 251 Å². The Morgan fingerprint density at radius 1 is 0.298 bits per heavy atom. The van der Waals surface area contributed by atoms with Crippen LogP contribution in [0.4, 0.5) is 0 Å². The van der Waals surface area contributed by atoms with Crippen LogP contribution in [0.2, 0.25) is 0 Å². The molecule has 6 rings (SSSR count). The Hall–Kier alpha value is 3.03. The van der Waals surface area contributed by atoms with Crippen LogP contribution in [-0.2, 0) is 57.2 Å². The number of nitrogens with two attached hydrogens (primary N) is 1. The van der Waals surface area contributed by atoms with Crippen molar-refractivity contribution in [2.75, 3.05) is 39.3 Å². The molecule has 0 aromatic heterocycles. The molecule has 30 atom stereocenters. The molecule has 6 aliphatic heterocycles. The maximum atomic E-state index is 13.5. The molecule has 0 aromatic rings. The van der Waals surface area contributed by atoms with Crippen molar-refractivity contribution in [1.29, 1.82) is 0 Å². The maximum absolute atomic E-state index is 13.5. The summed E-state index contributed by atoms with van der Waals surface area (Å²) in [6, 6.07) is -9.19. The van der Waals surface area contributed by atoms with Crippen LogP contribution in [0.1, 0.15) is 0 Å². The van der Waals surface area contributed by atoms with Gasteiger partial charge in [-0.3, -0.25) is 24.0 Å². The van der Waals surface area contributed by atoms with Crippen molar-refractivity contribution in [3.8, 4) is 0 Å². The summed E-state index contributed by atoms with van der Waals surface area (Å²) in [5.74, 6) is -7.48. The molecule has 0 bridgehead atoms. The number of aliphatic carboxylic acids is 1. The third-order valence-electron chi connectivity index (χ3n) is 14.6. The van der Waals surface area contributed by atoms with E-state index in [0.717, 1.165) is 0 Å². The van der Waals surface area contributed by atoms with Crippen molar-refractivity contribution < 1.29 is 349 Å². The first kappa shape index (κ1) is 85.0. The third kappa shape index (κ3) is 19.8. The Morgan fingerprint density at radius 2 is 0.488 bits per heavy atom. The van der Waals surface area contributed by atoms with Crippen molar-refractivity contribution in [2.24, 2.45) is 5.73 Å². The smallest absolute Gasteiger partial charge is 0.331 e. The second-order valence-electron chi connectivity index (χ2n) is 19.9. The van der Waals surface area contributed by atoms with E-state index in [2.05, 4.69) is 26.6 Å². The topological polar surface area (TPSA) is 646 Å². The number of aliphatic hydroxyl groups is 13. The van der Waals surface area contributed by atoms with Crippen LogP contribution >= 0.6 is 0 Å². The van der Waals surface area contributed by atoms with E-state index in [0.29, 0.717) is 0 Å². The van der Waals surface area contributed by atoms with E-state index in [1.54, 1.807) is 0 Å². The number of aliphatic hydroxyl groups excluding tert-OH is 13. The molecule has 6 saturated heterocycles. The largest absolute Gasteiger partial charge is 0.670 e. The van der Waals surface area contributed by atoms with Crippen LogP contribution in [0.25, 0.3) is 28.7 Å². The number of hydrogen-bond acceptors (Lipinski definition) is 26. The van der Waals surface area contributed by atoms with Crippen LogP contribution in [0.3, 0.4) is 0 Å². The van der Waals surface area contributed by atoms with Gasteiger partial charge in [-0.1, -0.05) is 30.2 Å². The number of rotatable bonds is 17. The van der Waals surface area contributed by atoms with Gasteiger partial charge in [-0.15, -0.1) is 0 Å². The third-order valence-corrected chi connectivity index (χ3v) is 14.6. The average molecular weight is 2280 g/mol. The molecule has 0 aromatic carbocycles. The molecule has 42 heteroatoms. The molecule has 5 radical (unpaired) electrons. The first-order valence-corrected chi connectivity index (χ1v) is 24.7. The second-order valence-corrected chi connectivity index (χ2v) is 19.9. The molecule has 6 heterocycles. The van der Waals surface area contributed by atoms with Crippen LogP contribution < -0.4 is 32.3 Å². The van der Waals surface area contributed by atoms with Crippen LogP contribution in [0.5, 0.6) is 0 Å². The number of hydrogen-bond donors (Lipinski definition) is 20. The summed E-state index contributed by atoms with van der Waals surface area (Å²) in [4.78, 5) is 77.8. The van der Waals surface area contributed by atoms with Gasteiger partial charge in [0, 0.05) is 260 Å². The van der Waals surface area contributed by atoms with Gasteiger partial charge in [0.05, 0.1) is 36.6 Å². The van der Waals surface area contributed by atoms with Gasteiger partial charge in [0.25, 0.3) is 5.91 Å². The zero-order chi connectivity index (χ0) is 58.8. The number of carbonyl (C=O) groups excluding carboxylic acids is 5. The summed E-state index contributed by atoms with van der Waals surface area (Å²) in [6.07, 6.45) is -46.0. The van der Waals surface area contributed by atoms with E-state index in [1.807, 2.05) is 0 Å². The zero-order valence-electron chi connectivity index (χ0n) is 44.2. The van der Waals surface area contributed by atoms with Gasteiger partial charge in [-0.25, -0.2) is 4.79 Å². The first-order valence-electron chi connectivity index (χ1n) is 24.7. The van der Waals surface area contributed by atoms with E-state index in [4.69, 9.17) is 62.8 Å². The predicted molar refractivity (Wildman–Crippen MR) is 252 cm³/mol. The van der Waals surface area contributed by atoms with E-state index >= 15 is 0 Å². The van der Waals surface area contributed by atoms with Gasteiger partial charge < -0.3 is 161 Å². The number of ether oxygens (including phenoxy) is 6. The number of carbonyl (C=O) groups is 6. The molecule has 467 valence electrons. The first-order chi connectivity index (χ1) is 37.0. The van der Waals surface area contributed by atoms with Gasteiger partial charge in [-0.05, 0) is 0 Å². The number of amides is 5. The van der Waals surface area contributed by atoms with Crippen molar-refractivity contribution in [1.82, 2.24) is 26.6 Å².